The summed E-state index contributed by atoms with van der Waals surface area (Å²) in [5, 5.41) is 4.86. The van der Waals surface area contributed by atoms with Crippen LogP contribution in [0.1, 0.15) is 5.56 Å². The molecule has 0 aliphatic rings. The van der Waals surface area contributed by atoms with Gasteiger partial charge in [-0.2, -0.15) is 0 Å². The highest BCUT2D eigenvalue weighted by Gasteiger charge is 2.19. The van der Waals surface area contributed by atoms with Gasteiger partial charge in [-0.25, -0.2) is 0 Å². The van der Waals surface area contributed by atoms with Crippen molar-refractivity contribution in [3.05, 3.63) is 121 Å². The quantitative estimate of drug-likeness (QED) is 0.288. The van der Waals surface area contributed by atoms with E-state index in [9.17, 15) is 0 Å². The van der Waals surface area contributed by atoms with Crippen LogP contribution in [-0.2, 0) is 0 Å². The van der Waals surface area contributed by atoms with Gasteiger partial charge in [-0.1, -0.05) is 97.6 Å². The first-order chi connectivity index (χ1) is 14.4. The van der Waals surface area contributed by atoms with E-state index in [2.05, 4.69) is 121 Å². The molecule has 0 aliphatic carbocycles. The van der Waals surface area contributed by atoms with Gasteiger partial charge in [-0.15, -0.1) is 0 Å². The largest absolute Gasteiger partial charge is 0.309 e. The van der Waals surface area contributed by atoms with Crippen molar-refractivity contribution < 1.29 is 0 Å². The molecule has 1 heteroatoms. The number of nitrogens with zero attached hydrogens (tertiary/aromatic N) is 1. The van der Waals surface area contributed by atoms with E-state index in [4.69, 9.17) is 0 Å². The fourth-order valence-corrected chi connectivity index (χ4v) is 4.16. The molecule has 29 heavy (non-hydrogen) atoms. The van der Waals surface area contributed by atoms with E-state index >= 15 is 0 Å². The Hall–Kier alpha value is -3.84. The van der Waals surface area contributed by atoms with Crippen LogP contribution in [0.4, 0.5) is 17.1 Å². The number of fused-ring (bicyclic) bond motifs is 2. The highest BCUT2D eigenvalue weighted by Crippen LogP contribution is 2.45. The molecule has 0 spiro atoms. The summed E-state index contributed by atoms with van der Waals surface area (Å²) in [5.41, 5.74) is 4.65. The SMILES string of the molecule is C=Cc1c2ccccc2c(N(c2ccccc2)c2ccccc2)c2ccccc12. The Kier molecular flexibility index (Phi) is 4.34. The zero-order valence-electron chi connectivity index (χ0n) is 16.1. The number of anilines is 3. The fourth-order valence-electron chi connectivity index (χ4n) is 4.16. The van der Waals surface area contributed by atoms with Gasteiger partial charge in [0.1, 0.15) is 0 Å². The van der Waals surface area contributed by atoms with E-state index in [1.165, 1.54) is 32.8 Å². The van der Waals surface area contributed by atoms with Crippen molar-refractivity contribution in [2.24, 2.45) is 0 Å². The predicted octanol–water partition coefficient (Wildman–Crippen LogP) is 8.11. The predicted molar refractivity (Wildman–Crippen MR) is 126 cm³/mol. The Bertz CT molecular complexity index is 1210. The Balaban J connectivity index is 1.97. The molecule has 0 unspecified atom stereocenters. The lowest BCUT2D eigenvalue weighted by Gasteiger charge is -2.29. The number of rotatable bonds is 4. The van der Waals surface area contributed by atoms with Gasteiger partial charge < -0.3 is 4.90 Å². The third kappa shape index (κ3) is 2.88. The van der Waals surface area contributed by atoms with Gasteiger partial charge in [0.05, 0.1) is 5.69 Å². The maximum atomic E-state index is 4.11. The maximum Gasteiger partial charge on any atom is 0.0618 e. The van der Waals surface area contributed by atoms with E-state index in [0.29, 0.717) is 0 Å². The Morgan fingerprint density at radius 2 is 0.862 bits per heavy atom. The monoisotopic (exact) mass is 371 g/mol. The summed E-state index contributed by atoms with van der Waals surface area (Å²) < 4.78 is 0. The zero-order chi connectivity index (χ0) is 19.6. The molecule has 0 saturated heterocycles. The molecule has 0 aliphatic heterocycles. The van der Waals surface area contributed by atoms with E-state index in [0.717, 1.165) is 11.4 Å². The molecule has 0 saturated carbocycles. The van der Waals surface area contributed by atoms with Crippen LogP contribution in [0.15, 0.2) is 116 Å². The summed E-state index contributed by atoms with van der Waals surface area (Å²) in [6.07, 6.45) is 1.98. The smallest absolute Gasteiger partial charge is 0.0618 e. The van der Waals surface area contributed by atoms with E-state index < -0.39 is 0 Å². The average Bonchev–Trinajstić information content (AvgIpc) is 2.80. The lowest BCUT2D eigenvalue weighted by molar-refractivity contribution is 1.31. The maximum absolute atomic E-state index is 4.11. The third-order valence-electron chi connectivity index (χ3n) is 5.40. The van der Waals surface area contributed by atoms with Crippen molar-refractivity contribution in [3.8, 4) is 0 Å². The van der Waals surface area contributed by atoms with Gasteiger partial charge in [0, 0.05) is 22.1 Å². The van der Waals surface area contributed by atoms with Gasteiger partial charge >= 0.3 is 0 Å². The van der Waals surface area contributed by atoms with Crippen LogP contribution in [0, 0.1) is 0 Å². The van der Waals surface area contributed by atoms with Crippen LogP contribution in [0.2, 0.25) is 0 Å². The van der Waals surface area contributed by atoms with Gasteiger partial charge in [0.15, 0.2) is 0 Å². The molecule has 138 valence electrons. The highest BCUT2D eigenvalue weighted by molar-refractivity contribution is 6.18. The Labute approximate surface area is 171 Å². The van der Waals surface area contributed by atoms with E-state index in [1.54, 1.807) is 0 Å². The average molecular weight is 371 g/mol. The third-order valence-corrected chi connectivity index (χ3v) is 5.40. The summed E-state index contributed by atoms with van der Waals surface area (Å²) in [6.45, 7) is 4.11. The molecule has 0 aromatic heterocycles. The van der Waals surface area contributed by atoms with Crippen LogP contribution in [0.3, 0.4) is 0 Å². The molecule has 5 aromatic rings. The summed E-state index contributed by atoms with van der Waals surface area (Å²) >= 11 is 0. The van der Waals surface area contributed by atoms with E-state index in [-0.39, 0.29) is 0 Å². The van der Waals surface area contributed by atoms with Gasteiger partial charge in [0.25, 0.3) is 0 Å². The molecular weight excluding hydrogens is 350 g/mol. The lowest BCUT2D eigenvalue weighted by atomic mass is 9.93. The van der Waals surface area contributed by atoms with Crippen molar-refractivity contribution in [2.45, 2.75) is 0 Å². The number of benzene rings is 5. The van der Waals surface area contributed by atoms with Crippen molar-refractivity contribution in [3.63, 3.8) is 0 Å². The molecule has 0 fully saturated rings. The molecule has 0 radical (unpaired) electrons. The number of hydrogen-bond donors (Lipinski definition) is 0. The Morgan fingerprint density at radius 1 is 0.483 bits per heavy atom. The minimum Gasteiger partial charge on any atom is -0.309 e. The summed E-state index contributed by atoms with van der Waals surface area (Å²) in [7, 11) is 0. The molecule has 0 N–H and O–H groups in total. The normalized spacial score (nSPS) is 10.9. The molecule has 1 nitrogen and oxygen atoms in total. The Morgan fingerprint density at radius 3 is 1.28 bits per heavy atom. The van der Waals surface area contributed by atoms with Crippen LogP contribution in [-0.4, -0.2) is 0 Å². The number of hydrogen-bond acceptors (Lipinski definition) is 1. The number of para-hydroxylation sites is 2. The second kappa shape index (κ2) is 7.29. The van der Waals surface area contributed by atoms with Crippen LogP contribution < -0.4 is 4.90 Å². The first kappa shape index (κ1) is 17.3. The molecular formula is C28H21N. The van der Waals surface area contributed by atoms with Gasteiger partial charge in [0.2, 0.25) is 0 Å². The highest BCUT2D eigenvalue weighted by atomic mass is 15.1. The van der Waals surface area contributed by atoms with Crippen molar-refractivity contribution >= 4 is 44.7 Å². The topological polar surface area (TPSA) is 3.24 Å². The van der Waals surface area contributed by atoms with Crippen LogP contribution in [0.5, 0.6) is 0 Å². The van der Waals surface area contributed by atoms with E-state index in [1.807, 2.05) is 6.08 Å². The molecule has 0 bridgehead atoms. The second-order valence-electron chi connectivity index (χ2n) is 7.06. The molecule has 5 rings (SSSR count). The fraction of sp³-hybridized carbons (Fsp3) is 0. The van der Waals surface area contributed by atoms with Crippen molar-refractivity contribution in [1.82, 2.24) is 0 Å². The summed E-state index contributed by atoms with van der Waals surface area (Å²) in [6, 6.07) is 38.4. The first-order valence-electron chi connectivity index (χ1n) is 9.84. The molecule has 0 atom stereocenters. The first-order valence-corrected chi connectivity index (χ1v) is 9.84. The van der Waals surface area contributed by atoms with Crippen molar-refractivity contribution in [1.29, 1.82) is 0 Å². The molecule has 0 heterocycles. The lowest BCUT2D eigenvalue weighted by Crippen LogP contribution is -2.11. The standard InChI is InChI=1S/C28H21N/c1-2-23-24-17-9-11-19-26(24)28(27-20-12-10-18-25(23)27)29(21-13-5-3-6-14-21)22-15-7-4-8-16-22/h2-20H,1H2. The second-order valence-corrected chi connectivity index (χ2v) is 7.06. The van der Waals surface area contributed by atoms with Gasteiger partial charge in [-0.3, -0.25) is 0 Å². The molecule has 0 amide bonds. The van der Waals surface area contributed by atoms with Crippen LogP contribution in [0.25, 0.3) is 27.6 Å². The minimum atomic E-state index is 1.14. The summed E-state index contributed by atoms with van der Waals surface area (Å²) in [4.78, 5) is 2.36. The van der Waals surface area contributed by atoms with Crippen molar-refractivity contribution in [2.75, 3.05) is 4.90 Å². The minimum absolute atomic E-state index is 1.14. The summed E-state index contributed by atoms with van der Waals surface area (Å²) in [5.74, 6) is 0. The van der Waals surface area contributed by atoms with Gasteiger partial charge in [-0.05, 0) is 40.6 Å². The zero-order valence-corrected chi connectivity index (χ0v) is 16.1. The molecule has 5 aromatic carbocycles. The van der Waals surface area contributed by atoms with Crippen LogP contribution >= 0.6 is 0 Å².